The molecule has 0 bridgehead atoms. The van der Waals surface area contributed by atoms with Crippen molar-refractivity contribution in [2.45, 2.75) is 26.4 Å². The molecule has 2 aromatic carbocycles. The van der Waals surface area contributed by atoms with E-state index in [-0.39, 0.29) is 17.3 Å². The van der Waals surface area contributed by atoms with Gasteiger partial charge in [0.2, 0.25) is 11.7 Å². The summed E-state index contributed by atoms with van der Waals surface area (Å²) in [5.41, 5.74) is 1.25. The second kappa shape index (κ2) is 8.56. The number of hydrogen-bond donors (Lipinski definition) is 1. The van der Waals surface area contributed by atoms with Crippen LogP contribution in [0.5, 0.6) is 11.5 Å². The summed E-state index contributed by atoms with van der Waals surface area (Å²) in [6.07, 6.45) is -0.198. The minimum atomic E-state index is -0.963. The quantitative estimate of drug-likeness (QED) is 0.630. The zero-order valence-corrected chi connectivity index (χ0v) is 15.7. The van der Waals surface area contributed by atoms with Crippen molar-refractivity contribution in [1.82, 2.24) is 0 Å². The highest BCUT2D eigenvalue weighted by molar-refractivity contribution is 6.02. The van der Waals surface area contributed by atoms with Crippen molar-refractivity contribution in [3.8, 4) is 11.5 Å². The van der Waals surface area contributed by atoms with Gasteiger partial charge in [-0.25, -0.2) is 4.79 Å². The summed E-state index contributed by atoms with van der Waals surface area (Å²) in [6.45, 7) is 3.99. The van der Waals surface area contributed by atoms with Crippen LogP contribution < -0.4 is 14.8 Å². The molecule has 0 fully saturated rings. The number of anilines is 1. The second-order valence-corrected chi connectivity index (χ2v) is 6.38. The number of Topliss-reactive ketones (excluding diaryl/α,β-unsaturated/α-hetero) is 1. The van der Waals surface area contributed by atoms with Gasteiger partial charge in [0.05, 0.1) is 18.8 Å². The van der Waals surface area contributed by atoms with Gasteiger partial charge in [-0.15, -0.1) is 0 Å². The molecule has 0 radical (unpaired) electrons. The van der Waals surface area contributed by atoms with E-state index >= 15 is 0 Å². The fourth-order valence-corrected chi connectivity index (χ4v) is 2.73. The Balaban J connectivity index is 1.65. The van der Waals surface area contributed by atoms with Crippen LogP contribution in [0, 0.1) is 0 Å². The van der Waals surface area contributed by atoms with Crippen LogP contribution in [-0.2, 0) is 9.53 Å². The summed E-state index contributed by atoms with van der Waals surface area (Å²) in [4.78, 5) is 36.0. The van der Waals surface area contributed by atoms with Gasteiger partial charge in [0.15, 0.2) is 17.6 Å². The minimum Gasteiger partial charge on any atom is -0.490 e. The van der Waals surface area contributed by atoms with E-state index in [0.717, 1.165) is 6.42 Å². The zero-order valence-electron chi connectivity index (χ0n) is 15.7. The van der Waals surface area contributed by atoms with Crippen molar-refractivity contribution in [1.29, 1.82) is 0 Å². The largest absolute Gasteiger partial charge is 0.490 e. The number of carbonyl (C=O) groups is 3. The smallest absolute Gasteiger partial charge is 0.338 e. The van der Waals surface area contributed by atoms with Crippen molar-refractivity contribution in [3.63, 3.8) is 0 Å². The van der Waals surface area contributed by atoms with Crippen molar-refractivity contribution in [2.24, 2.45) is 0 Å². The van der Waals surface area contributed by atoms with Crippen LogP contribution in [0.1, 0.15) is 41.0 Å². The molecule has 7 nitrogen and oxygen atoms in total. The molecule has 2 aromatic rings. The number of esters is 1. The lowest BCUT2D eigenvalue weighted by molar-refractivity contribution is -0.114. The summed E-state index contributed by atoms with van der Waals surface area (Å²) in [5.74, 6) is -0.0862. The standard InChI is InChI=1S/C21H21NO6/c1-13(20(24)15-4-7-17(8-5-15)22-14(2)23)28-21(25)16-6-9-18-19(12-16)27-11-3-10-26-18/h4-9,12-13H,3,10-11H2,1-2H3,(H,22,23)/t13-/m0/s1. The summed E-state index contributed by atoms with van der Waals surface area (Å²) < 4.78 is 16.4. The van der Waals surface area contributed by atoms with E-state index in [1.807, 2.05) is 0 Å². The Morgan fingerprint density at radius 1 is 0.964 bits per heavy atom. The monoisotopic (exact) mass is 383 g/mol. The third-order valence-electron chi connectivity index (χ3n) is 4.13. The first kappa shape index (κ1) is 19.4. The molecule has 1 N–H and O–H groups in total. The lowest BCUT2D eigenvalue weighted by atomic mass is 10.1. The maximum atomic E-state index is 12.5. The Hall–Kier alpha value is -3.35. The van der Waals surface area contributed by atoms with E-state index < -0.39 is 12.1 Å². The van der Waals surface area contributed by atoms with E-state index in [4.69, 9.17) is 14.2 Å². The molecule has 7 heteroatoms. The Bertz CT molecular complexity index is 890. The van der Waals surface area contributed by atoms with Crippen molar-refractivity contribution in [3.05, 3.63) is 53.6 Å². The van der Waals surface area contributed by atoms with Crippen LogP contribution in [0.4, 0.5) is 5.69 Å². The normalized spacial score (nSPS) is 13.8. The molecule has 0 aromatic heterocycles. The van der Waals surface area contributed by atoms with Gasteiger partial charge in [-0.1, -0.05) is 0 Å². The van der Waals surface area contributed by atoms with Crippen LogP contribution in [0.3, 0.4) is 0 Å². The molecule has 1 aliphatic rings. The minimum absolute atomic E-state index is 0.198. The number of benzene rings is 2. The van der Waals surface area contributed by atoms with Gasteiger partial charge < -0.3 is 19.5 Å². The maximum absolute atomic E-state index is 12.5. The molecular weight excluding hydrogens is 362 g/mol. The fourth-order valence-electron chi connectivity index (χ4n) is 2.73. The highest BCUT2D eigenvalue weighted by atomic mass is 16.5. The first-order valence-corrected chi connectivity index (χ1v) is 8.96. The van der Waals surface area contributed by atoms with Crippen LogP contribution in [0.2, 0.25) is 0 Å². The molecule has 146 valence electrons. The van der Waals surface area contributed by atoms with Crippen LogP contribution in [-0.4, -0.2) is 37.0 Å². The number of hydrogen-bond acceptors (Lipinski definition) is 6. The van der Waals surface area contributed by atoms with Crippen molar-refractivity contribution < 1.29 is 28.6 Å². The Morgan fingerprint density at radius 3 is 2.29 bits per heavy atom. The molecule has 1 heterocycles. The van der Waals surface area contributed by atoms with Crippen LogP contribution >= 0.6 is 0 Å². The van der Waals surface area contributed by atoms with E-state index in [1.165, 1.54) is 13.8 Å². The third-order valence-corrected chi connectivity index (χ3v) is 4.13. The van der Waals surface area contributed by atoms with Gasteiger partial charge in [0, 0.05) is 24.6 Å². The van der Waals surface area contributed by atoms with Crippen LogP contribution in [0.25, 0.3) is 0 Å². The van der Waals surface area contributed by atoms with Gasteiger partial charge in [-0.2, -0.15) is 0 Å². The van der Waals surface area contributed by atoms with E-state index in [1.54, 1.807) is 42.5 Å². The second-order valence-electron chi connectivity index (χ2n) is 6.38. The Labute approximate surface area is 162 Å². The maximum Gasteiger partial charge on any atom is 0.338 e. The SMILES string of the molecule is CC(=O)Nc1ccc(C(=O)[C@H](C)OC(=O)c2ccc3c(c2)OCCCO3)cc1. The van der Waals surface area contributed by atoms with Gasteiger partial charge in [0.25, 0.3) is 0 Å². The molecule has 0 spiro atoms. The number of nitrogens with one attached hydrogen (secondary N) is 1. The average Bonchev–Trinajstić information content (AvgIpc) is 2.92. The first-order chi connectivity index (χ1) is 13.4. The molecule has 3 rings (SSSR count). The van der Waals surface area contributed by atoms with E-state index in [2.05, 4.69) is 5.32 Å². The van der Waals surface area contributed by atoms with E-state index in [9.17, 15) is 14.4 Å². The Morgan fingerprint density at radius 2 is 1.61 bits per heavy atom. The molecule has 28 heavy (non-hydrogen) atoms. The molecule has 1 amide bonds. The predicted octanol–water partition coefficient (Wildman–Crippen LogP) is 3.23. The van der Waals surface area contributed by atoms with E-state index in [0.29, 0.717) is 36.0 Å². The number of ether oxygens (including phenoxy) is 3. The van der Waals surface area contributed by atoms with Crippen LogP contribution in [0.15, 0.2) is 42.5 Å². The van der Waals surface area contributed by atoms with Gasteiger partial charge in [-0.05, 0) is 49.4 Å². The molecule has 0 unspecified atom stereocenters. The first-order valence-electron chi connectivity index (χ1n) is 8.96. The van der Waals surface area contributed by atoms with Gasteiger partial charge in [-0.3, -0.25) is 9.59 Å². The number of ketones is 1. The number of amides is 1. The summed E-state index contributed by atoms with van der Waals surface area (Å²) >= 11 is 0. The highest BCUT2D eigenvalue weighted by Crippen LogP contribution is 2.30. The molecule has 0 saturated heterocycles. The lowest BCUT2D eigenvalue weighted by Crippen LogP contribution is -2.24. The lowest BCUT2D eigenvalue weighted by Gasteiger charge is -2.14. The number of carbonyl (C=O) groups excluding carboxylic acids is 3. The summed E-state index contributed by atoms with van der Waals surface area (Å²) in [5, 5.41) is 2.63. The zero-order chi connectivity index (χ0) is 20.1. The average molecular weight is 383 g/mol. The number of rotatable bonds is 5. The fraction of sp³-hybridized carbons (Fsp3) is 0.286. The molecule has 0 aliphatic carbocycles. The van der Waals surface area contributed by atoms with Crippen molar-refractivity contribution >= 4 is 23.3 Å². The predicted molar refractivity (Wildman–Crippen MR) is 102 cm³/mol. The molecular formula is C21H21NO6. The number of fused-ring (bicyclic) bond motifs is 1. The highest BCUT2D eigenvalue weighted by Gasteiger charge is 2.22. The topological polar surface area (TPSA) is 90.9 Å². The van der Waals surface area contributed by atoms with Crippen molar-refractivity contribution in [2.75, 3.05) is 18.5 Å². The van der Waals surface area contributed by atoms with Gasteiger partial charge >= 0.3 is 5.97 Å². The summed E-state index contributed by atoms with van der Waals surface area (Å²) in [7, 11) is 0. The molecule has 1 aliphatic heterocycles. The van der Waals surface area contributed by atoms with Gasteiger partial charge in [0.1, 0.15) is 0 Å². The third kappa shape index (κ3) is 4.68. The molecule has 0 saturated carbocycles. The summed E-state index contributed by atoms with van der Waals surface area (Å²) in [6, 6.07) is 11.2. The Kier molecular flexibility index (Phi) is 5.93. The molecule has 1 atom stereocenters.